The van der Waals surface area contributed by atoms with Gasteiger partial charge in [0.05, 0.1) is 18.2 Å². The van der Waals surface area contributed by atoms with Gasteiger partial charge in [0.15, 0.2) is 5.69 Å². The number of rotatable bonds is 4. The largest absolute Gasteiger partial charge is 0.481 e. The average molecular weight is 291 g/mol. The maximum atomic E-state index is 11.8. The third-order valence-electron chi connectivity index (χ3n) is 4.14. The molecule has 9 heteroatoms. The van der Waals surface area contributed by atoms with Crippen LogP contribution >= 0.6 is 0 Å². The average Bonchev–Trinajstić information content (AvgIpc) is 3.07. The lowest BCUT2D eigenvalue weighted by Crippen LogP contribution is -2.36. The van der Waals surface area contributed by atoms with Crippen molar-refractivity contribution in [2.24, 2.45) is 5.41 Å². The molecule has 112 valence electrons. The highest BCUT2D eigenvalue weighted by Crippen LogP contribution is 2.37. The maximum absolute atomic E-state index is 11.8. The number of carboxylic acids is 1. The summed E-state index contributed by atoms with van der Waals surface area (Å²) in [6, 6.07) is 0. The number of nitrogens with zero attached hydrogens (tertiary/aromatic N) is 6. The molecule has 21 heavy (non-hydrogen) atoms. The van der Waals surface area contributed by atoms with Crippen molar-refractivity contribution in [3.8, 4) is 11.5 Å². The summed E-state index contributed by atoms with van der Waals surface area (Å²) in [5.74, 6) is -0.334. The van der Waals surface area contributed by atoms with Crippen LogP contribution in [0.25, 0.3) is 11.5 Å². The van der Waals surface area contributed by atoms with Crippen LogP contribution < -0.4 is 0 Å². The zero-order chi connectivity index (χ0) is 14.7. The molecule has 3 rings (SSSR count). The van der Waals surface area contributed by atoms with E-state index in [1.54, 1.807) is 0 Å². The maximum Gasteiger partial charge on any atom is 0.311 e. The van der Waals surface area contributed by atoms with Crippen molar-refractivity contribution in [3.63, 3.8) is 0 Å². The normalized spacial score (nSPS) is 18.3. The second-order valence-corrected chi connectivity index (χ2v) is 5.52. The summed E-state index contributed by atoms with van der Waals surface area (Å²) in [5, 5.41) is 31.4. The number of hydrogen-bond acceptors (Lipinski definition) is 6. The van der Waals surface area contributed by atoms with Crippen molar-refractivity contribution < 1.29 is 9.90 Å². The van der Waals surface area contributed by atoms with Gasteiger partial charge in [-0.3, -0.25) is 4.79 Å². The fraction of sp³-hybridized carbons (Fsp3) is 0.667. The number of nitrogens with one attached hydrogen (secondary N) is 1. The van der Waals surface area contributed by atoms with E-state index in [0.717, 1.165) is 25.7 Å². The van der Waals surface area contributed by atoms with E-state index in [1.807, 2.05) is 0 Å². The van der Waals surface area contributed by atoms with Crippen LogP contribution in [0, 0.1) is 5.41 Å². The first-order valence-corrected chi connectivity index (χ1v) is 7.07. The van der Waals surface area contributed by atoms with Crippen LogP contribution in [-0.2, 0) is 11.3 Å². The summed E-state index contributed by atoms with van der Waals surface area (Å²) in [5.41, 5.74) is -0.293. The molecule has 2 heterocycles. The SMILES string of the molecule is O=C(O)C1(Cn2nnnc2-c2cn[nH]n2)CCCCCC1. The minimum Gasteiger partial charge on any atom is -0.481 e. The van der Waals surface area contributed by atoms with Gasteiger partial charge in [0.25, 0.3) is 0 Å². The molecule has 0 unspecified atom stereocenters. The highest BCUT2D eigenvalue weighted by atomic mass is 16.4. The van der Waals surface area contributed by atoms with E-state index >= 15 is 0 Å². The molecule has 0 saturated heterocycles. The van der Waals surface area contributed by atoms with Crippen molar-refractivity contribution in [2.75, 3.05) is 0 Å². The fourth-order valence-electron chi connectivity index (χ4n) is 2.94. The quantitative estimate of drug-likeness (QED) is 0.801. The second-order valence-electron chi connectivity index (χ2n) is 5.52. The topological polar surface area (TPSA) is 122 Å². The van der Waals surface area contributed by atoms with Crippen molar-refractivity contribution >= 4 is 5.97 Å². The number of aromatic amines is 1. The Bertz CT molecular complexity index is 599. The second kappa shape index (κ2) is 5.58. The molecule has 0 amide bonds. The van der Waals surface area contributed by atoms with E-state index < -0.39 is 11.4 Å². The molecule has 2 aromatic heterocycles. The Kier molecular flexibility index (Phi) is 3.63. The van der Waals surface area contributed by atoms with Crippen LogP contribution in [0.5, 0.6) is 0 Å². The van der Waals surface area contributed by atoms with Gasteiger partial charge in [0, 0.05) is 0 Å². The molecule has 1 aliphatic carbocycles. The Balaban J connectivity index is 1.90. The van der Waals surface area contributed by atoms with E-state index in [4.69, 9.17) is 0 Å². The van der Waals surface area contributed by atoms with E-state index in [-0.39, 0.29) is 6.54 Å². The first-order valence-electron chi connectivity index (χ1n) is 7.07. The monoisotopic (exact) mass is 291 g/mol. The van der Waals surface area contributed by atoms with Gasteiger partial charge in [-0.05, 0) is 23.3 Å². The van der Waals surface area contributed by atoms with Crippen LogP contribution in [0.2, 0.25) is 0 Å². The van der Waals surface area contributed by atoms with Gasteiger partial charge in [-0.2, -0.15) is 15.4 Å². The van der Waals surface area contributed by atoms with E-state index in [1.165, 1.54) is 10.9 Å². The standard InChI is InChI=1S/C12H17N7O2/c20-11(21)12(5-3-1-2-4-6-12)8-19-10(15-17-18-19)9-7-13-16-14-9/h7H,1-6,8H2,(H,20,21)(H,13,14,16). The smallest absolute Gasteiger partial charge is 0.311 e. The summed E-state index contributed by atoms with van der Waals surface area (Å²) in [6.45, 7) is 0.261. The third-order valence-corrected chi connectivity index (χ3v) is 4.14. The molecule has 1 fully saturated rings. The molecule has 0 spiro atoms. The van der Waals surface area contributed by atoms with E-state index in [2.05, 4.69) is 30.9 Å². The van der Waals surface area contributed by atoms with Gasteiger partial charge in [0.1, 0.15) is 0 Å². The van der Waals surface area contributed by atoms with E-state index in [0.29, 0.717) is 24.4 Å². The Morgan fingerprint density at radius 1 is 1.33 bits per heavy atom. The molecule has 2 aromatic rings. The summed E-state index contributed by atoms with van der Waals surface area (Å²) < 4.78 is 1.53. The van der Waals surface area contributed by atoms with Crippen LogP contribution in [-0.4, -0.2) is 46.7 Å². The highest BCUT2D eigenvalue weighted by Gasteiger charge is 2.40. The van der Waals surface area contributed by atoms with Crippen LogP contribution in [0.3, 0.4) is 0 Å². The van der Waals surface area contributed by atoms with Gasteiger partial charge in [0.2, 0.25) is 5.82 Å². The van der Waals surface area contributed by atoms with Crippen molar-refractivity contribution in [1.29, 1.82) is 0 Å². The number of carbonyl (C=O) groups is 1. The minimum absolute atomic E-state index is 0.261. The molecule has 0 aromatic carbocycles. The Morgan fingerprint density at radius 3 is 2.71 bits per heavy atom. The molecule has 0 aliphatic heterocycles. The Morgan fingerprint density at radius 2 is 2.10 bits per heavy atom. The van der Waals surface area contributed by atoms with Crippen molar-refractivity contribution in [1.82, 2.24) is 35.6 Å². The van der Waals surface area contributed by atoms with Gasteiger partial charge < -0.3 is 5.11 Å². The fourth-order valence-corrected chi connectivity index (χ4v) is 2.94. The lowest BCUT2D eigenvalue weighted by Gasteiger charge is -2.27. The molecule has 9 nitrogen and oxygen atoms in total. The molecular weight excluding hydrogens is 274 g/mol. The molecule has 1 saturated carbocycles. The Labute approximate surface area is 120 Å². The summed E-state index contributed by atoms with van der Waals surface area (Å²) in [4.78, 5) is 11.8. The Hall–Kier alpha value is -2.32. The number of aliphatic carboxylic acids is 1. The van der Waals surface area contributed by atoms with E-state index in [9.17, 15) is 9.90 Å². The zero-order valence-corrected chi connectivity index (χ0v) is 11.6. The lowest BCUT2D eigenvalue weighted by molar-refractivity contribution is -0.151. The molecule has 1 aliphatic rings. The summed E-state index contributed by atoms with van der Waals surface area (Å²) in [6.07, 6.45) is 6.84. The highest BCUT2D eigenvalue weighted by molar-refractivity contribution is 5.74. The van der Waals surface area contributed by atoms with Crippen LogP contribution in [0.4, 0.5) is 0 Å². The van der Waals surface area contributed by atoms with Crippen LogP contribution in [0.15, 0.2) is 6.20 Å². The minimum atomic E-state index is -0.801. The number of aromatic nitrogens is 7. The molecular formula is C12H17N7O2. The van der Waals surface area contributed by atoms with Gasteiger partial charge in [-0.25, -0.2) is 4.68 Å². The lowest BCUT2D eigenvalue weighted by atomic mass is 9.80. The first-order chi connectivity index (χ1) is 10.2. The number of H-pyrrole nitrogens is 1. The molecule has 0 radical (unpaired) electrons. The predicted molar refractivity (Wildman–Crippen MR) is 71.0 cm³/mol. The zero-order valence-electron chi connectivity index (χ0n) is 11.6. The molecule has 2 N–H and O–H groups in total. The predicted octanol–water partition coefficient (Wildman–Crippen LogP) is 0.883. The van der Waals surface area contributed by atoms with Crippen molar-refractivity contribution in [2.45, 2.75) is 45.1 Å². The molecule has 0 atom stereocenters. The van der Waals surface area contributed by atoms with Gasteiger partial charge >= 0.3 is 5.97 Å². The summed E-state index contributed by atoms with van der Waals surface area (Å²) >= 11 is 0. The van der Waals surface area contributed by atoms with Gasteiger partial charge in [-0.15, -0.1) is 5.10 Å². The van der Waals surface area contributed by atoms with Gasteiger partial charge in [-0.1, -0.05) is 25.7 Å². The number of carboxylic acid groups (broad SMARTS) is 1. The number of hydrogen-bond donors (Lipinski definition) is 2. The van der Waals surface area contributed by atoms with Crippen molar-refractivity contribution in [3.05, 3.63) is 6.20 Å². The third kappa shape index (κ3) is 2.63. The number of tetrazole rings is 1. The summed E-state index contributed by atoms with van der Waals surface area (Å²) in [7, 11) is 0. The first kappa shape index (κ1) is 13.7. The van der Waals surface area contributed by atoms with Crippen LogP contribution in [0.1, 0.15) is 38.5 Å². The molecule has 0 bridgehead atoms.